The molecule has 10 heteroatoms. The molecule has 3 aliphatic heterocycles. The van der Waals surface area contributed by atoms with E-state index in [4.69, 9.17) is 9.47 Å². The third-order valence-corrected chi connectivity index (χ3v) is 5.50. The van der Waals surface area contributed by atoms with Gasteiger partial charge in [0.15, 0.2) is 11.5 Å². The smallest absolute Gasteiger partial charge is 0.486 e. The fraction of sp³-hybridized carbons (Fsp3) is 0.471. The van der Waals surface area contributed by atoms with Gasteiger partial charge in [-0.15, -0.1) is 0 Å². The van der Waals surface area contributed by atoms with Gasteiger partial charge in [-0.2, -0.15) is 13.2 Å². The summed E-state index contributed by atoms with van der Waals surface area (Å²) in [5.41, 5.74) is -4.51. The average molecular weight is 403 g/mol. The highest BCUT2D eigenvalue weighted by Crippen LogP contribution is 2.38. The lowest BCUT2D eigenvalue weighted by Gasteiger charge is -2.33. The Hall–Kier alpha value is -2.23. The van der Waals surface area contributed by atoms with Gasteiger partial charge in [0.2, 0.25) is 0 Å². The molecule has 1 amide bonds. The van der Waals surface area contributed by atoms with E-state index >= 15 is 0 Å². The van der Waals surface area contributed by atoms with Gasteiger partial charge in [-0.25, -0.2) is 4.21 Å². The molecular weight excluding hydrogens is 387 g/mol. The second kappa shape index (κ2) is 6.74. The van der Waals surface area contributed by atoms with Crippen LogP contribution < -0.4 is 9.47 Å². The first-order chi connectivity index (χ1) is 12.8. The summed E-state index contributed by atoms with van der Waals surface area (Å²) in [6.07, 6.45) is 2.83. The second-order valence-corrected chi connectivity index (χ2v) is 7.57. The van der Waals surface area contributed by atoms with Crippen molar-refractivity contribution in [3.8, 4) is 11.5 Å². The van der Waals surface area contributed by atoms with Crippen molar-refractivity contribution in [1.82, 2.24) is 4.90 Å². The number of nitrogens with zero attached hydrogens (tertiary/aromatic N) is 1. The van der Waals surface area contributed by atoms with Gasteiger partial charge in [0.25, 0.3) is 5.91 Å². The van der Waals surface area contributed by atoms with E-state index in [1.54, 1.807) is 23.1 Å². The summed E-state index contributed by atoms with van der Waals surface area (Å²) in [4.78, 5) is 14.6. The van der Waals surface area contributed by atoms with E-state index in [1.807, 2.05) is 0 Å². The number of benzene rings is 1. The summed E-state index contributed by atoms with van der Waals surface area (Å²) in [6, 6.07) is 4.25. The zero-order valence-electron chi connectivity index (χ0n) is 14.0. The van der Waals surface area contributed by atoms with Crippen LogP contribution in [0.25, 0.3) is 0 Å². The van der Waals surface area contributed by atoms with E-state index in [0.717, 1.165) is 0 Å². The van der Waals surface area contributed by atoms with Gasteiger partial charge in [-0.1, -0.05) is 0 Å². The quantitative estimate of drug-likeness (QED) is 0.777. The molecule has 3 unspecified atom stereocenters. The maximum Gasteiger partial charge on any atom is 0.508 e. The molecule has 1 fully saturated rings. The van der Waals surface area contributed by atoms with Gasteiger partial charge >= 0.3 is 16.6 Å². The number of carbonyl (C=O) groups is 1. The Bertz CT molecular complexity index is 825. The van der Waals surface area contributed by atoms with Gasteiger partial charge in [-0.05, 0) is 37.1 Å². The third-order valence-electron chi connectivity index (χ3n) is 4.76. The largest absolute Gasteiger partial charge is 0.508 e. The second-order valence-electron chi connectivity index (χ2n) is 6.47. The molecule has 4 rings (SSSR count). The molecular formula is C17H16F3NO5S. The predicted octanol–water partition coefficient (Wildman–Crippen LogP) is 2.92. The van der Waals surface area contributed by atoms with Crippen LogP contribution in [0.1, 0.15) is 29.6 Å². The zero-order valence-corrected chi connectivity index (χ0v) is 14.8. The number of rotatable bonds is 3. The first-order valence-electron chi connectivity index (χ1n) is 8.43. The van der Waals surface area contributed by atoms with Crippen LogP contribution in [0.3, 0.4) is 0 Å². The molecule has 1 aromatic rings. The highest BCUT2D eigenvalue weighted by atomic mass is 32.2. The molecule has 6 nitrogen and oxygen atoms in total. The Labute approximate surface area is 155 Å². The van der Waals surface area contributed by atoms with Crippen LogP contribution in [0.2, 0.25) is 0 Å². The van der Waals surface area contributed by atoms with E-state index < -0.39 is 16.6 Å². The lowest BCUT2D eigenvalue weighted by Crippen LogP contribution is -2.43. The molecule has 27 heavy (non-hydrogen) atoms. The van der Waals surface area contributed by atoms with Crippen molar-refractivity contribution in [2.45, 2.75) is 36.9 Å². The van der Waals surface area contributed by atoms with Crippen LogP contribution >= 0.6 is 0 Å². The number of ether oxygens (including phenoxy) is 2. The normalized spacial score (nSPS) is 25.0. The fourth-order valence-corrected chi connectivity index (χ4v) is 4.05. The summed E-state index contributed by atoms with van der Waals surface area (Å²) in [5.74, 6) is 0.859. The van der Waals surface area contributed by atoms with Gasteiger partial charge in [-0.3, -0.25) is 4.79 Å². The maximum absolute atomic E-state index is 13.0. The van der Waals surface area contributed by atoms with E-state index in [9.17, 15) is 22.2 Å². The molecule has 0 spiro atoms. The third kappa shape index (κ3) is 3.50. The van der Waals surface area contributed by atoms with Gasteiger partial charge in [0.1, 0.15) is 19.0 Å². The minimum absolute atomic E-state index is 0.0179. The average Bonchev–Trinajstić information content (AvgIpc) is 2.90. The standard InChI is InChI=1S/C17H16F3NO5S/c18-17(19,20)27(23)26-13-8-11-2-3-12(9-13)21(11)16(22)10-1-4-14-15(7-10)25-6-5-24-14/h1,4,7-8,11-12H,2-3,5-6,9H2. The Morgan fingerprint density at radius 2 is 1.93 bits per heavy atom. The van der Waals surface area contributed by atoms with Crippen LogP contribution in [0, 0.1) is 0 Å². The van der Waals surface area contributed by atoms with Gasteiger partial charge < -0.3 is 18.6 Å². The Morgan fingerprint density at radius 1 is 1.19 bits per heavy atom. The summed E-state index contributed by atoms with van der Waals surface area (Å²) >= 11 is -3.40. The molecule has 0 aromatic heterocycles. The van der Waals surface area contributed by atoms with E-state index in [0.29, 0.717) is 43.1 Å². The zero-order chi connectivity index (χ0) is 19.2. The van der Waals surface area contributed by atoms with Crippen molar-refractivity contribution in [3.05, 3.63) is 35.6 Å². The monoisotopic (exact) mass is 403 g/mol. The van der Waals surface area contributed by atoms with Crippen molar-refractivity contribution >= 4 is 17.0 Å². The Morgan fingerprint density at radius 3 is 2.63 bits per heavy atom. The summed E-state index contributed by atoms with van der Waals surface area (Å²) in [6.45, 7) is 0.850. The van der Waals surface area contributed by atoms with Crippen LogP contribution in [0.5, 0.6) is 11.5 Å². The lowest BCUT2D eigenvalue weighted by atomic mass is 10.1. The number of halogens is 3. The Kier molecular flexibility index (Phi) is 4.53. The molecule has 0 saturated carbocycles. The number of alkyl halides is 3. The topological polar surface area (TPSA) is 65.1 Å². The first kappa shape index (κ1) is 18.1. The molecule has 0 aliphatic carbocycles. The van der Waals surface area contributed by atoms with E-state index in [2.05, 4.69) is 4.18 Å². The van der Waals surface area contributed by atoms with Crippen molar-refractivity contribution in [3.63, 3.8) is 0 Å². The SMILES string of the molecule is O=C(c1ccc2c(c1)OCCO2)N1C2C=C(OS(=O)C(F)(F)F)CC1CC2. The molecule has 1 aromatic carbocycles. The van der Waals surface area contributed by atoms with Crippen molar-refractivity contribution < 1.29 is 35.8 Å². The van der Waals surface area contributed by atoms with Crippen LogP contribution in [0.4, 0.5) is 13.2 Å². The highest BCUT2D eigenvalue weighted by Gasteiger charge is 2.44. The molecule has 3 atom stereocenters. The van der Waals surface area contributed by atoms with Gasteiger partial charge in [0, 0.05) is 18.0 Å². The number of carbonyl (C=O) groups excluding carboxylic acids is 1. The van der Waals surface area contributed by atoms with Gasteiger partial charge in [0.05, 0.1) is 6.04 Å². The first-order valence-corrected chi connectivity index (χ1v) is 9.50. The summed E-state index contributed by atoms with van der Waals surface area (Å²) in [7, 11) is 0. The predicted molar refractivity (Wildman–Crippen MR) is 88.4 cm³/mol. The van der Waals surface area contributed by atoms with Crippen LogP contribution in [-0.2, 0) is 15.3 Å². The molecule has 1 saturated heterocycles. The Balaban J connectivity index is 1.52. The number of fused-ring (bicyclic) bond motifs is 3. The van der Waals surface area contributed by atoms with E-state index in [-0.39, 0.29) is 30.2 Å². The molecule has 146 valence electrons. The number of hydrogen-bond donors (Lipinski definition) is 0. The summed E-state index contributed by atoms with van der Waals surface area (Å²) in [5, 5.41) is 0. The highest BCUT2D eigenvalue weighted by molar-refractivity contribution is 7.81. The minimum Gasteiger partial charge on any atom is -0.486 e. The minimum atomic E-state index is -4.93. The van der Waals surface area contributed by atoms with Crippen LogP contribution in [0.15, 0.2) is 30.0 Å². The van der Waals surface area contributed by atoms with Crippen molar-refractivity contribution in [1.29, 1.82) is 0 Å². The number of amides is 1. The maximum atomic E-state index is 13.0. The lowest BCUT2D eigenvalue weighted by molar-refractivity contribution is -0.0459. The summed E-state index contributed by atoms with van der Waals surface area (Å²) < 4.78 is 64.0. The van der Waals surface area contributed by atoms with Crippen LogP contribution in [-0.4, -0.2) is 45.8 Å². The van der Waals surface area contributed by atoms with Crippen molar-refractivity contribution in [2.75, 3.05) is 13.2 Å². The van der Waals surface area contributed by atoms with E-state index in [1.165, 1.54) is 6.08 Å². The van der Waals surface area contributed by atoms with Crippen molar-refractivity contribution in [2.24, 2.45) is 0 Å². The molecule has 2 bridgehead atoms. The molecule has 3 aliphatic rings. The molecule has 0 radical (unpaired) electrons. The molecule has 0 N–H and O–H groups in total. The fourth-order valence-electron chi connectivity index (χ4n) is 3.64. The number of hydrogen-bond acceptors (Lipinski definition) is 5. The molecule has 3 heterocycles.